The van der Waals surface area contributed by atoms with Crippen molar-refractivity contribution in [3.8, 4) is 5.82 Å². The minimum Gasteiger partial charge on any atom is -0.352 e. The SMILES string of the molecule is O=C(c1cncc(Br)c1)N1CCN(c2ccc(-n3cccn3)nn2)CC1. The van der Waals surface area contributed by atoms with Crippen LogP contribution in [-0.2, 0) is 0 Å². The van der Waals surface area contributed by atoms with Gasteiger partial charge in [-0.1, -0.05) is 0 Å². The van der Waals surface area contributed by atoms with Gasteiger partial charge in [0.2, 0.25) is 0 Å². The number of pyridine rings is 1. The Morgan fingerprint density at radius 1 is 1.04 bits per heavy atom. The molecule has 26 heavy (non-hydrogen) atoms. The third kappa shape index (κ3) is 3.43. The molecular weight excluding hydrogens is 398 g/mol. The smallest absolute Gasteiger partial charge is 0.255 e. The lowest BCUT2D eigenvalue weighted by Gasteiger charge is -2.35. The first-order chi connectivity index (χ1) is 12.7. The van der Waals surface area contributed by atoms with Gasteiger partial charge in [-0.25, -0.2) is 4.68 Å². The highest BCUT2D eigenvalue weighted by Crippen LogP contribution is 2.16. The maximum absolute atomic E-state index is 12.6. The molecule has 4 heterocycles. The number of hydrogen-bond donors (Lipinski definition) is 0. The number of carbonyl (C=O) groups excluding carboxylic acids is 1. The van der Waals surface area contributed by atoms with E-state index in [1.165, 1.54) is 0 Å². The van der Waals surface area contributed by atoms with Crippen molar-refractivity contribution in [3.63, 3.8) is 0 Å². The van der Waals surface area contributed by atoms with E-state index in [9.17, 15) is 4.79 Å². The average Bonchev–Trinajstić information content (AvgIpc) is 3.23. The third-order valence-electron chi connectivity index (χ3n) is 4.22. The second kappa shape index (κ2) is 7.20. The molecule has 0 atom stereocenters. The summed E-state index contributed by atoms with van der Waals surface area (Å²) in [5.74, 6) is 1.48. The first kappa shape index (κ1) is 16.6. The molecule has 0 bridgehead atoms. The van der Waals surface area contributed by atoms with Gasteiger partial charge >= 0.3 is 0 Å². The zero-order valence-corrected chi connectivity index (χ0v) is 15.4. The Hall–Kier alpha value is -2.81. The lowest BCUT2D eigenvalue weighted by atomic mass is 10.2. The van der Waals surface area contributed by atoms with Crippen LogP contribution in [-0.4, -0.2) is 61.9 Å². The van der Waals surface area contributed by atoms with Crippen molar-refractivity contribution in [1.29, 1.82) is 0 Å². The van der Waals surface area contributed by atoms with Crippen LogP contribution in [0.3, 0.4) is 0 Å². The summed E-state index contributed by atoms with van der Waals surface area (Å²) in [5.41, 5.74) is 0.594. The predicted octanol–water partition coefficient (Wildman–Crippen LogP) is 1.78. The molecule has 1 aliphatic heterocycles. The molecule has 1 fully saturated rings. The van der Waals surface area contributed by atoms with Gasteiger partial charge in [-0.3, -0.25) is 9.78 Å². The molecule has 3 aromatic rings. The second-order valence-electron chi connectivity index (χ2n) is 5.87. The maximum atomic E-state index is 12.6. The Balaban J connectivity index is 1.39. The fourth-order valence-electron chi connectivity index (χ4n) is 2.86. The van der Waals surface area contributed by atoms with Crippen molar-refractivity contribution in [2.24, 2.45) is 0 Å². The Labute approximate surface area is 158 Å². The highest BCUT2D eigenvalue weighted by Gasteiger charge is 2.23. The predicted molar refractivity (Wildman–Crippen MR) is 99.2 cm³/mol. The highest BCUT2D eigenvalue weighted by molar-refractivity contribution is 9.10. The summed E-state index contributed by atoms with van der Waals surface area (Å²) in [6, 6.07) is 7.45. The van der Waals surface area contributed by atoms with Gasteiger partial charge in [0.1, 0.15) is 0 Å². The number of rotatable bonds is 3. The Bertz CT molecular complexity index is 890. The van der Waals surface area contributed by atoms with Crippen LogP contribution in [0.15, 0.2) is 53.5 Å². The number of hydrogen-bond acceptors (Lipinski definition) is 6. The van der Waals surface area contributed by atoms with Gasteiger partial charge in [-0.15, -0.1) is 10.2 Å². The normalized spacial score (nSPS) is 14.5. The zero-order valence-electron chi connectivity index (χ0n) is 13.9. The van der Waals surface area contributed by atoms with E-state index in [-0.39, 0.29) is 5.91 Å². The minimum absolute atomic E-state index is 0.00133. The van der Waals surface area contributed by atoms with Crippen LogP contribution < -0.4 is 4.90 Å². The summed E-state index contributed by atoms with van der Waals surface area (Å²) >= 11 is 3.35. The van der Waals surface area contributed by atoms with Gasteiger partial charge in [-0.05, 0) is 40.2 Å². The van der Waals surface area contributed by atoms with Crippen molar-refractivity contribution >= 4 is 27.7 Å². The van der Waals surface area contributed by atoms with Crippen molar-refractivity contribution in [3.05, 3.63) is 59.1 Å². The van der Waals surface area contributed by atoms with E-state index in [1.54, 1.807) is 29.3 Å². The van der Waals surface area contributed by atoms with Crippen LogP contribution in [0.5, 0.6) is 0 Å². The largest absolute Gasteiger partial charge is 0.352 e. The summed E-state index contributed by atoms with van der Waals surface area (Å²) in [6.07, 6.45) is 6.79. The van der Waals surface area contributed by atoms with Gasteiger partial charge in [0.05, 0.1) is 5.56 Å². The Morgan fingerprint density at radius 2 is 1.81 bits per heavy atom. The molecule has 132 valence electrons. The molecular formula is C17H16BrN7O. The third-order valence-corrected chi connectivity index (χ3v) is 4.65. The quantitative estimate of drug-likeness (QED) is 0.650. The van der Waals surface area contributed by atoms with Crippen LogP contribution in [0, 0.1) is 0 Å². The summed E-state index contributed by atoms with van der Waals surface area (Å²) in [6.45, 7) is 2.69. The summed E-state index contributed by atoms with van der Waals surface area (Å²) < 4.78 is 2.47. The van der Waals surface area contributed by atoms with E-state index in [0.29, 0.717) is 37.6 Å². The molecule has 0 aromatic carbocycles. The first-order valence-electron chi connectivity index (χ1n) is 8.19. The van der Waals surface area contributed by atoms with Crippen LogP contribution in [0.2, 0.25) is 0 Å². The van der Waals surface area contributed by atoms with Crippen molar-refractivity contribution < 1.29 is 4.79 Å². The maximum Gasteiger partial charge on any atom is 0.255 e. The molecule has 0 N–H and O–H groups in total. The van der Waals surface area contributed by atoms with E-state index in [0.717, 1.165) is 10.3 Å². The van der Waals surface area contributed by atoms with Gasteiger partial charge < -0.3 is 9.80 Å². The molecule has 1 aliphatic rings. The average molecular weight is 414 g/mol. The number of amides is 1. The molecule has 0 radical (unpaired) electrons. The number of nitrogens with zero attached hydrogens (tertiary/aromatic N) is 7. The molecule has 4 rings (SSSR count). The van der Waals surface area contributed by atoms with Crippen molar-refractivity contribution in [1.82, 2.24) is 29.9 Å². The zero-order chi connectivity index (χ0) is 17.9. The number of carbonyl (C=O) groups is 1. The van der Waals surface area contributed by atoms with Crippen molar-refractivity contribution in [2.45, 2.75) is 0 Å². The standard InChI is InChI=1S/C17H16BrN7O/c18-14-10-13(11-19-12-14)17(26)24-8-6-23(7-9-24)15-2-3-16(22-21-15)25-5-1-4-20-25/h1-5,10-12H,6-9H2. The summed E-state index contributed by atoms with van der Waals surface area (Å²) in [4.78, 5) is 20.6. The number of aromatic nitrogens is 5. The Kier molecular flexibility index (Phi) is 4.61. The molecule has 0 spiro atoms. The fourth-order valence-corrected chi connectivity index (χ4v) is 3.23. The van der Waals surface area contributed by atoms with Gasteiger partial charge in [0.15, 0.2) is 11.6 Å². The molecule has 1 amide bonds. The van der Waals surface area contributed by atoms with E-state index in [2.05, 4.69) is 41.1 Å². The van der Waals surface area contributed by atoms with E-state index >= 15 is 0 Å². The van der Waals surface area contributed by atoms with Crippen molar-refractivity contribution in [2.75, 3.05) is 31.1 Å². The molecule has 8 nitrogen and oxygen atoms in total. The minimum atomic E-state index is -0.00133. The van der Waals surface area contributed by atoms with E-state index in [4.69, 9.17) is 0 Å². The lowest BCUT2D eigenvalue weighted by Crippen LogP contribution is -2.49. The monoisotopic (exact) mass is 413 g/mol. The second-order valence-corrected chi connectivity index (χ2v) is 6.79. The molecule has 0 unspecified atom stereocenters. The lowest BCUT2D eigenvalue weighted by molar-refractivity contribution is 0.0746. The summed E-state index contributed by atoms with van der Waals surface area (Å²) in [7, 11) is 0. The van der Waals surface area contributed by atoms with Crippen LogP contribution in [0.1, 0.15) is 10.4 Å². The van der Waals surface area contributed by atoms with E-state index in [1.807, 2.05) is 29.3 Å². The highest BCUT2D eigenvalue weighted by atomic mass is 79.9. The molecule has 3 aromatic heterocycles. The van der Waals surface area contributed by atoms with Crippen LogP contribution in [0.25, 0.3) is 5.82 Å². The van der Waals surface area contributed by atoms with Gasteiger partial charge in [-0.2, -0.15) is 5.10 Å². The first-order valence-corrected chi connectivity index (χ1v) is 8.98. The topological polar surface area (TPSA) is 80.0 Å². The van der Waals surface area contributed by atoms with Gasteiger partial charge in [0, 0.05) is 55.4 Å². The molecule has 9 heteroatoms. The number of halogens is 1. The Morgan fingerprint density at radius 3 is 2.46 bits per heavy atom. The number of piperazine rings is 1. The molecule has 1 saturated heterocycles. The molecule has 0 aliphatic carbocycles. The number of anilines is 1. The molecule has 0 saturated carbocycles. The summed E-state index contributed by atoms with van der Waals surface area (Å²) in [5, 5.41) is 12.7. The fraction of sp³-hybridized carbons (Fsp3) is 0.235. The van der Waals surface area contributed by atoms with E-state index < -0.39 is 0 Å². The van der Waals surface area contributed by atoms with Crippen LogP contribution in [0.4, 0.5) is 5.82 Å². The van der Waals surface area contributed by atoms with Crippen LogP contribution >= 0.6 is 15.9 Å². The van der Waals surface area contributed by atoms with Gasteiger partial charge in [0.25, 0.3) is 5.91 Å².